The van der Waals surface area contributed by atoms with Gasteiger partial charge in [0.05, 0.1) is 17.8 Å². The van der Waals surface area contributed by atoms with Crippen molar-refractivity contribution in [2.45, 2.75) is 58.1 Å². The van der Waals surface area contributed by atoms with Crippen molar-refractivity contribution in [2.75, 3.05) is 0 Å². The summed E-state index contributed by atoms with van der Waals surface area (Å²) in [5.41, 5.74) is 2.14. The van der Waals surface area contributed by atoms with Crippen molar-refractivity contribution in [2.24, 2.45) is 0 Å². The van der Waals surface area contributed by atoms with Gasteiger partial charge in [0.15, 0.2) is 0 Å². The molecule has 0 saturated carbocycles. The Balaban J connectivity index is 1.84. The van der Waals surface area contributed by atoms with Gasteiger partial charge < -0.3 is 5.11 Å². The lowest BCUT2D eigenvalue weighted by Gasteiger charge is -2.13. The molecule has 1 atom stereocenters. The summed E-state index contributed by atoms with van der Waals surface area (Å²) in [4.78, 5) is 4.09. The van der Waals surface area contributed by atoms with E-state index in [0.717, 1.165) is 31.4 Å². The van der Waals surface area contributed by atoms with Crippen LogP contribution in [0.2, 0.25) is 0 Å². The number of nitrogens with zero attached hydrogens (tertiary/aromatic N) is 3. The average Bonchev–Trinajstić information content (AvgIpc) is 2.96. The normalized spacial score (nSPS) is 12.8. The fourth-order valence-electron chi connectivity index (χ4n) is 2.58. The van der Waals surface area contributed by atoms with Gasteiger partial charge in [0.1, 0.15) is 0 Å². The fourth-order valence-corrected chi connectivity index (χ4v) is 2.58. The molecule has 1 unspecified atom stereocenters. The number of aliphatic hydroxyl groups is 1. The SMILES string of the molecule is CCC(CC)n1ccc(CC(O)CCc2cccnc2)n1. The summed E-state index contributed by atoms with van der Waals surface area (Å²) in [6, 6.07) is 6.46. The standard InChI is InChI=1S/C17H25N3O/c1-3-16(4-2)20-11-9-15(19-20)12-17(21)8-7-14-6-5-10-18-13-14/h5-6,9-11,13,16-17,21H,3-4,7-8,12H2,1-2H3. The number of aromatic nitrogens is 3. The summed E-state index contributed by atoms with van der Waals surface area (Å²) in [5.74, 6) is 0. The fraction of sp³-hybridized carbons (Fsp3) is 0.529. The van der Waals surface area contributed by atoms with E-state index in [1.165, 1.54) is 5.56 Å². The molecule has 2 heterocycles. The predicted octanol–water partition coefficient (Wildman–Crippen LogP) is 3.18. The first-order chi connectivity index (χ1) is 10.2. The second kappa shape index (κ2) is 7.93. The minimum Gasteiger partial charge on any atom is -0.393 e. The maximum Gasteiger partial charge on any atom is 0.0650 e. The number of hydrogen-bond donors (Lipinski definition) is 1. The first kappa shape index (κ1) is 15.7. The Kier molecular flexibility index (Phi) is 5.93. The van der Waals surface area contributed by atoms with Crippen molar-refractivity contribution < 1.29 is 5.11 Å². The lowest BCUT2D eigenvalue weighted by molar-refractivity contribution is 0.163. The first-order valence-corrected chi connectivity index (χ1v) is 7.83. The summed E-state index contributed by atoms with van der Waals surface area (Å²) in [7, 11) is 0. The monoisotopic (exact) mass is 287 g/mol. The first-order valence-electron chi connectivity index (χ1n) is 7.83. The zero-order valence-electron chi connectivity index (χ0n) is 12.9. The van der Waals surface area contributed by atoms with Crippen LogP contribution in [0.1, 0.15) is 50.4 Å². The zero-order valence-corrected chi connectivity index (χ0v) is 12.9. The van der Waals surface area contributed by atoms with E-state index in [1.807, 2.05) is 35.3 Å². The molecule has 0 aliphatic heterocycles. The molecule has 1 N–H and O–H groups in total. The van der Waals surface area contributed by atoms with Gasteiger partial charge in [-0.05, 0) is 43.4 Å². The highest BCUT2D eigenvalue weighted by molar-refractivity contribution is 5.09. The van der Waals surface area contributed by atoms with Crippen molar-refractivity contribution in [3.05, 3.63) is 48.0 Å². The van der Waals surface area contributed by atoms with Gasteiger partial charge in [-0.1, -0.05) is 19.9 Å². The van der Waals surface area contributed by atoms with Crippen LogP contribution < -0.4 is 0 Å². The largest absolute Gasteiger partial charge is 0.393 e. The van der Waals surface area contributed by atoms with Crippen LogP contribution in [0.25, 0.3) is 0 Å². The van der Waals surface area contributed by atoms with Crippen LogP contribution in [0.15, 0.2) is 36.8 Å². The van der Waals surface area contributed by atoms with Crippen LogP contribution in [0.5, 0.6) is 0 Å². The third-order valence-corrected chi connectivity index (χ3v) is 3.91. The van der Waals surface area contributed by atoms with E-state index in [0.29, 0.717) is 12.5 Å². The zero-order chi connectivity index (χ0) is 15.1. The second-order valence-corrected chi connectivity index (χ2v) is 5.52. The van der Waals surface area contributed by atoms with Crippen molar-refractivity contribution in [1.82, 2.24) is 14.8 Å². The van der Waals surface area contributed by atoms with Crippen LogP contribution >= 0.6 is 0 Å². The van der Waals surface area contributed by atoms with E-state index < -0.39 is 0 Å². The molecule has 0 saturated heterocycles. The van der Waals surface area contributed by atoms with Gasteiger partial charge in [-0.25, -0.2) is 0 Å². The van der Waals surface area contributed by atoms with Gasteiger partial charge in [-0.3, -0.25) is 9.67 Å². The number of pyridine rings is 1. The highest BCUT2D eigenvalue weighted by atomic mass is 16.3. The molecule has 0 aliphatic carbocycles. The molecule has 4 heteroatoms. The Morgan fingerprint density at radius 3 is 2.71 bits per heavy atom. The van der Waals surface area contributed by atoms with Crippen LogP contribution in [-0.4, -0.2) is 26.0 Å². The number of aliphatic hydroxyl groups excluding tert-OH is 1. The minimum atomic E-state index is -0.352. The van der Waals surface area contributed by atoms with Crippen molar-refractivity contribution in [1.29, 1.82) is 0 Å². The average molecular weight is 287 g/mol. The van der Waals surface area contributed by atoms with Crippen LogP contribution in [0, 0.1) is 0 Å². The van der Waals surface area contributed by atoms with E-state index in [-0.39, 0.29) is 6.10 Å². The smallest absolute Gasteiger partial charge is 0.0650 e. The molecule has 2 aromatic heterocycles. The number of hydrogen-bond acceptors (Lipinski definition) is 3. The van der Waals surface area contributed by atoms with Crippen molar-refractivity contribution >= 4 is 0 Å². The summed E-state index contributed by atoms with van der Waals surface area (Å²) in [6.07, 6.45) is 9.68. The number of aryl methyl sites for hydroxylation is 1. The Hall–Kier alpha value is -1.68. The van der Waals surface area contributed by atoms with Gasteiger partial charge in [0.2, 0.25) is 0 Å². The van der Waals surface area contributed by atoms with E-state index in [1.54, 1.807) is 6.20 Å². The molecule has 0 spiro atoms. The molecule has 0 radical (unpaired) electrons. The van der Waals surface area contributed by atoms with Gasteiger partial charge in [0, 0.05) is 25.0 Å². The van der Waals surface area contributed by atoms with Crippen LogP contribution in [-0.2, 0) is 12.8 Å². The molecule has 0 bridgehead atoms. The highest BCUT2D eigenvalue weighted by Crippen LogP contribution is 2.15. The summed E-state index contributed by atoms with van der Waals surface area (Å²) in [6.45, 7) is 4.36. The lowest BCUT2D eigenvalue weighted by atomic mass is 10.1. The molecule has 4 nitrogen and oxygen atoms in total. The number of rotatable bonds is 8. The molecule has 0 aliphatic rings. The summed E-state index contributed by atoms with van der Waals surface area (Å²) in [5, 5.41) is 14.7. The maximum atomic E-state index is 10.2. The molecule has 21 heavy (non-hydrogen) atoms. The summed E-state index contributed by atoms with van der Waals surface area (Å²) >= 11 is 0. The van der Waals surface area contributed by atoms with Crippen molar-refractivity contribution in [3.8, 4) is 0 Å². The van der Waals surface area contributed by atoms with E-state index in [2.05, 4.69) is 23.9 Å². The second-order valence-electron chi connectivity index (χ2n) is 5.52. The van der Waals surface area contributed by atoms with Gasteiger partial charge in [-0.2, -0.15) is 5.10 Å². The molecule has 0 aromatic carbocycles. The molecule has 2 aromatic rings. The third-order valence-electron chi connectivity index (χ3n) is 3.91. The lowest BCUT2D eigenvalue weighted by Crippen LogP contribution is -2.13. The third kappa shape index (κ3) is 4.67. The van der Waals surface area contributed by atoms with E-state index in [9.17, 15) is 5.11 Å². The quantitative estimate of drug-likeness (QED) is 0.811. The topological polar surface area (TPSA) is 50.9 Å². The summed E-state index contributed by atoms with van der Waals surface area (Å²) < 4.78 is 2.03. The van der Waals surface area contributed by atoms with E-state index in [4.69, 9.17) is 0 Å². The van der Waals surface area contributed by atoms with Gasteiger partial charge in [-0.15, -0.1) is 0 Å². The molecular formula is C17H25N3O. The molecular weight excluding hydrogens is 262 g/mol. The van der Waals surface area contributed by atoms with Gasteiger partial charge >= 0.3 is 0 Å². The maximum absolute atomic E-state index is 10.2. The predicted molar refractivity (Wildman–Crippen MR) is 84.1 cm³/mol. The Morgan fingerprint density at radius 2 is 2.05 bits per heavy atom. The molecule has 114 valence electrons. The minimum absolute atomic E-state index is 0.352. The van der Waals surface area contributed by atoms with Gasteiger partial charge in [0.25, 0.3) is 0 Å². The molecule has 0 fully saturated rings. The van der Waals surface area contributed by atoms with Crippen LogP contribution in [0.4, 0.5) is 0 Å². The molecule has 0 amide bonds. The highest BCUT2D eigenvalue weighted by Gasteiger charge is 2.11. The van der Waals surface area contributed by atoms with E-state index >= 15 is 0 Å². The Morgan fingerprint density at radius 1 is 1.24 bits per heavy atom. The van der Waals surface area contributed by atoms with Crippen LogP contribution in [0.3, 0.4) is 0 Å². The molecule has 2 rings (SSSR count). The Labute approximate surface area is 126 Å². The van der Waals surface area contributed by atoms with Crippen molar-refractivity contribution in [3.63, 3.8) is 0 Å². The Bertz CT molecular complexity index is 520.